The first-order valence-corrected chi connectivity index (χ1v) is 11.7. The smallest absolute Gasteiger partial charge is 0.307 e. The Morgan fingerprint density at radius 1 is 0.900 bits per heavy atom. The first-order valence-electron chi connectivity index (χ1n) is 10.3. The van der Waals surface area contributed by atoms with Gasteiger partial charge in [-0.1, -0.05) is 17.2 Å². The molecule has 2 atom stereocenters. The third-order valence-electron chi connectivity index (χ3n) is 6.57. The van der Waals surface area contributed by atoms with Crippen molar-refractivity contribution in [2.75, 3.05) is 26.2 Å². The number of hydrogen-bond acceptors (Lipinski definition) is 4. The Bertz CT molecular complexity index is 991. The molecule has 3 rings (SSSR count). The molecule has 0 aromatic heterocycles. The number of carbonyl (C=O) groups excluding carboxylic acids is 1. The summed E-state index contributed by atoms with van der Waals surface area (Å²) in [6.07, 6.45) is 0.835. The van der Waals surface area contributed by atoms with Crippen LogP contribution in [0.15, 0.2) is 34.2 Å². The Hall–Kier alpha value is -2.19. The summed E-state index contributed by atoms with van der Waals surface area (Å²) >= 11 is 0. The Labute approximate surface area is 178 Å². The average Bonchev–Trinajstić information content (AvgIpc) is 2.71. The fraction of sp³-hybridized carbons (Fsp3) is 0.545. The van der Waals surface area contributed by atoms with Gasteiger partial charge in [0, 0.05) is 26.2 Å². The molecule has 1 aromatic rings. The molecule has 7 nitrogen and oxygen atoms in total. The molecule has 1 amide bonds. The molecule has 1 aliphatic carbocycles. The number of amides is 1. The molecule has 1 aliphatic heterocycles. The molecule has 1 saturated heterocycles. The fourth-order valence-electron chi connectivity index (χ4n) is 4.22. The second-order valence-corrected chi connectivity index (χ2v) is 10.4. The Balaban J connectivity index is 1.71. The number of allylic oxidation sites excluding steroid dienone is 2. The van der Waals surface area contributed by atoms with E-state index in [0.29, 0.717) is 12.8 Å². The first-order chi connectivity index (χ1) is 14.0. The maximum atomic E-state index is 13.1. The van der Waals surface area contributed by atoms with Crippen molar-refractivity contribution in [2.24, 2.45) is 11.8 Å². The van der Waals surface area contributed by atoms with E-state index in [1.54, 1.807) is 23.1 Å². The molecule has 1 heterocycles. The standard InChI is InChI=1S/C22H30N2O5S/c1-14-5-6-18(11-15(14)2)30(28,29)24-9-7-23(8-10-24)21(25)19-12-16(3)17(4)13-20(19)22(26)27/h5-6,11,19-20H,7-10,12-13H2,1-4H3,(H,26,27)/t19-,20-/m0/s1. The van der Waals surface area contributed by atoms with Crippen molar-refractivity contribution < 1.29 is 23.1 Å². The Kier molecular flexibility index (Phi) is 6.38. The molecule has 1 fully saturated rings. The van der Waals surface area contributed by atoms with Gasteiger partial charge in [0.1, 0.15) is 0 Å². The summed E-state index contributed by atoms with van der Waals surface area (Å²) in [4.78, 5) is 26.7. The molecule has 164 valence electrons. The molecule has 0 spiro atoms. The van der Waals surface area contributed by atoms with E-state index in [4.69, 9.17) is 0 Å². The van der Waals surface area contributed by atoms with Gasteiger partial charge in [-0.15, -0.1) is 0 Å². The highest BCUT2D eigenvalue weighted by atomic mass is 32.2. The topological polar surface area (TPSA) is 95.0 Å². The highest BCUT2D eigenvalue weighted by Gasteiger charge is 2.40. The van der Waals surface area contributed by atoms with E-state index in [2.05, 4.69) is 0 Å². The van der Waals surface area contributed by atoms with Crippen LogP contribution < -0.4 is 0 Å². The third kappa shape index (κ3) is 4.30. The molecule has 0 bridgehead atoms. The van der Waals surface area contributed by atoms with E-state index < -0.39 is 27.8 Å². The lowest BCUT2D eigenvalue weighted by molar-refractivity contribution is -0.151. The lowest BCUT2D eigenvalue weighted by Gasteiger charge is -2.38. The molecule has 0 radical (unpaired) electrons. The van der Waals surface area contributed by atoms with Crippen molar-refractivity contribution in [2.45, 2.75) is 45.4 Å². The summed E-state index contributed by atoms with van der Waals surface area (Å²) < 4.78 is 27.4. The van der Waals surface area contributed by atoms with Gasteiger partial charge in [0.25, 0.3) is 0 Å². The van der Waals surface area contributed by atoms with Gasteiger partial charge in [0.15, 0.2) is 0 Å². The minimum atomic E-state index is -3.62. The second kappa shape index (κ2) is 8.51. The van der Waals surface area contributed by atoms with Crippen LogP contribution in [0.3, 0.4) is 0 Å². The van der Waals surface area contributed by atoms with Crippen LogP contribution >= 0.6 is 0 Å². The molecule has 1 N–H and O–H groups in total. The largest absolute Gasteiger partial charge is 0.481 e. The van der Waals surface area contributed by atoms with Crippen molar-refractivity contribution in [3.05, 3.63) is 40.5 Å². The number of rotatable bonds is 4. The highest BCUT2D eigenvalue weighted by molar-refractivity contribution is 7.89. The van der Waals surface area contributed by atoms with Gasteiger partial charge in [-0.05, 0) is 63.8 Å². The molecule has 1 aromatic carbocycles. The number of nitrogens with zero attached hydrogens (tertiary/aromatic N) is 2. The quantitative estimate of drug-likeness (QED) is 0.735. The lowest BCUT2D eigenvalue weighted by atomic mass is 9.76. The number of benzene rings is 1. The predicted octanol–water partition coefficient (Wildman–Crippen LogP) is 2.58. The van der Waals surface area contributed by atoms with Gasteiger partial charge >= 0.3 is 5.97 Å². The minimum absolute atomic E-state index is 0.183. The van der Waals surface area contributed by atoms with Crippen molar-refractivity contribution in [1.82, 2.24) is 9.21 Å². The summed E-state index contributed by atoms with van der Waals surface area (Å²) in [5.41, 5.74) is 4.06. The molecule has 8 heteroatoms. The van der Waals surface area contributed by atoms with Gasteiger partial charge in [-0.3, -0.25) is 9.59 Å². The van der Waals surface area contributed by atoms with Crippen LogP contribution in [0.5, 0.6) is 0 Å². The maximum absolute atomic E-state index is 13.1. The zero-order valence-electron chi connectivity index (χ0n) is 18.0. The summed E-state index contributed by atoms with van der Waals surface area (Å²) in [6.45, 7) is 8.64. The fourth-order valence-corrected chi connectivity index (χ4v) is 5.73. The normalized spacial score (nSPS) is 23.5. The van der Waals surface area contributed by atoms with Crippen LogP contribution in [-0.4, -0.2) is 60.8 Å². The van der Waals surface area contributed by atoms with E-state index in [1.807, 2.05) is 27.7 Å². The molecular weight excluding hydrogens is 404 g/mol. The van der Waals surface area contributed by atoms with Gasteiger partial charge < -0.3 is 10.0 Å². The lowest BCUT2D eigenvalue weighted by Crippen LogP contribution is -2.53. The second-order valence-electron chi connectivity index (χ2n) is 8.50. The Morgan fingerprint density at radius 2 is 1.47 bits per heavy atom. The van der Waals surface area contributed by atoms with Crippen LogP contribution in [0.2, 0.25) is 0 Å². The third-order valence-corrected chi connectivity index (χ3v) is 8.46. The summed E-state index contributed by atoms with van der Waals surface area (Å²) in [5, 5.41) is 9.60. The van der Waals surface area contributed by atoms with Crippen LogP contribution in [0.1, 0.15) is 37.8 Å². The number of carboxylic acids is 1. The van der Waals surface area contributed by atoms with Crippen LogP contribution in [0, 0.1) is 25.7 Å². The van der Waals surface area contributed by atoms with Crippen LogP contribution in [-0.2, 0) is 19.6 Å². The van der Waals surface area contributed by atoms with E-state index in [9.17, 15) is 23.1 Å². The molecular formula is C22H30N2O5S. The number of carbonyl (C=O) groups is 2. The number of piperazine rings is 1. The van der Waals surface area contributed by atoms with Crippen molar-refractivity contribution in [3.63, 3.8) is 0 Å². The van der Waals surface area contributed by atoms with Crippen molar-refractivity contribution in [1.29, 1.82) is 0 Å². The monoisotopic (exact) mass is 434 g/mol. The van der Waals surface area contributed by atoms with Crippen LogP contribution in [0.25, 0.3) is 0 Å². The van der Waals surface area contributed by atoms with E-state index in [0.717, 1.165) is 22.3 Å². The molecule has 0 saturated carbocycles. The number of aryl methyl sites for hydroxylation is 2. The SMILES string of the molecule is CC1=C(C)C[C@H](C(=O)N2CCN(S(=O)(=O)c3ccc(C)c(C)c3)CC2)[C@@H](C(=O)O)C1. The maximum Gasteiger partial charge on any atom is 0.307 e. The number of aliphatic carboxylic acids is 1. The van der Waals surface area contributed by atoms with E-state index >= 15 is 0 Å². The van der Waals surface area contributed by atoms with E-state index in [-0.39, 0.29) is 37.0 Å². The van der Waals surface area contributed by atoms with Crippen molar-refractivity contribution in [3.8, 4) is 0 Å². The summed E-state index contributed by atoms with van der Waals surface area (Å²) in [5.74, 6) is -2.44. The number of carboxylic acid groups (broad SMARTS) is 1. The number of sulfonamides is 1. The summed E-state index contributed by atoms with van der Waals surface area (Å²) in [7, 11) is -3.62. The zero-order valence-corrected chi connectivity index (χ0v) is 18.8. The van der Waals surface area contributed by atoms with E-state index in [1.165, 1.54) is 4.31 Å². The summed E-state index contributed by atoms with van der Waals surface area (Å²) in [6, 6.07) is 5.10. The van der Waals surface area contributed by atoms with Gasteiger partial charge in [0.2, 0.25) is 15.9 Å². The average molecular weight is 435 g/mol. The predicted molar refractivity (Wildman–Crippen MR) is 113 cm³/mol. The van der Waals surface area contributed by atoms with Gasteiger partial charge in [-0.25, -0.2) is 8.42 Å². The van der Waals surface area contributed by atoms with Crippen molar-refractivity contribution >= 4 is 21.9 Å². The number of hydrogen-bond donors (Lipinski definition) is 1. The minimum Gasteiger partial charge on any atom is -0.481 e. The molecule has 30 heavy (non-hydrogen) atoms. The first kappa shape index (κ1) is 22.5. The van der Waals surface area contributed by atoms with Gasteiger partial charge in [0.05, 0.1) is 16.7 Å². The van der Waals surface area contributed by atoms with Gasteiger partial charge in [-0.2, -0.15) is 4.31 Å². The molecule has 2 aliphatic rings. The zero-order chi connectivity index (χ0) is 22.2. The molecule has 0 unspecified atom stereocenters. The Morgan fingerprint density at radius 3 is 2.00 bits per heavy atom. The van der Waals surface area contributed by atoms with Crippen LogP contribution in [0.4, 0.5) is 0 Å². The highest BCUT2D eigenvalue weighted by Crippen LogP contribution is 2.35.